The molecule has 5 rings (SSSR count). The largest absolute Gasteiger partial charge is 0.368 e. The van der Waals surface area contributed by atoms with Gasteiger partial charge in [-0.3, -0.25) is 4.68 Å². The molecule has 0 bridgehead atoms. The van der Waals surface area contributed by atoms with Crippen molar-refractivity contribution in [3.05, 3.63) is 41.5 Å². The lowest BCUT2D eigenvalue weighted by Crippen LogP contribution is -2.34. The van der Waals surface area contributed by atoms with Crippen molar-refractivity contribution in [2.24, 2.45) is 7.05 Å². The third-order valence-corrected chi connectivity index (χ3v) is 5.85. The van der Waals surface area contributed by atoms with E-state index < -0.39 is 0 Å². The molecule has 0 radical (unpaired) electrons. The normalized spacial score (nSPS) is 17.7. The zero-order valence-corrected chi connectivity index (χ0v) is 16.4. The minimum atomic E-state index is 0.259. The first-order valence-corrected chi connectivity index (χ1v) is 9.67. The summed E-state index contributed by atoms with van der Waals surface area (Å²) in [5.41, 5.74) is 11.4. The fourth-order valence-electron chi connectivity index (χ4n) is 4.12. The van der Waals surface area contributed by atoms with Gasteiger partial charge < -0.3 is 10.6 Å². The lowest BCUT2D eigenvalue weighted by molar-refractivity contribution is 0.491. The van der Waals surface area contributed by atoms with Crippen LogP contribution in [0.4, 0.5) is 11.6 Å². The van der Waals surface area contributed by atoms with Crippen molar-refractivity contribution >= 4 is 28.2 Å². The third kappa shape index (κ3) is 2.59. The van der Waals surface area contributed by atoms with E-state index in [9.17, 15) is 0 Å². The summed E-state index contributed by atoms with van der Waals surface area (Å²) < 4.78 is 3.53. The fraction of sp³-hybridized carbons (Fsp3) is 0.400. The monoisotopic (exact) mass is 376 g/mol. The van der Waals surface area contributed by atoms with Gasteiger partial charge in [0.15, 0.2) is 11.5 Å². The summed E-state index contributed by atoms with van der Waals surface area (Å²) in [6, 6.07) is 4.18. The van der Waals surface area contributed by atoms with E-state index in [1.807, 2.05) is 17.9 Å². The minimum Gasteiger partial charge on any atom is -0.368 e. The van der Waals surface area contributed by atoms with Gasteiger partial charge in [0.05, 0.1) is 17.4 Å². The molecule has 1 saturated heterocycles. The first kappa shape index (κ1) is 17.0. The van der Waals surface area contributed by atoms with Crippen LogP contribution in [-0.2, 0) is 7.05 Å². The van der Waals surface area contributed by atoms with E-state index in [1.165, 1.54) is 5.56 Å². The number of rotatable bonds is 2. The van der Waals surface area contributed by atoms with E-state index in [-0.39, 0.29) is 5.92 Å². The van der Waals surface area contributed by atoms with Crippen LogP contribution in [0.15, 0.2) is 24.5 Å². The summed E-state index contributed by atoms with van der Waals surface area (Å²) in [5.74, 6) is 1.48. The molecule has 8 heteroatoms. The number of nitrogens with zero attached hydrogens (tertiary/aromatic N) is 7. The Morgan fingerprint density at radius 2 is 2.04 bits per heavy atom. The van der Waals surface area contributed by atoms with Crippen LogP contribution in [0.25, 0.3) is 16.6 Å². The van der Waals surface area contributed by atoms with Crippen molar-refractivity contribution in [2.75, 3.05) is 23.7 Å². The van der Waals surface area contributed by atoms with E-state index in [0.29, 0.717) is 5.95 Å². The highest BCUT2D eigenvalue weighted by Crippen LogP contribution is 2.30. The average molecular weight is 376 g/mol. The van der Waals surface area contributed by atoms with Gasteiger partial charge in [-0.15, -0.1) is 5.10 Å². The Labute approximate surface area is 163 Å². The van der Waals surface area contributed by atoms with Crippen LogP contribution in [0.5, 0.6) is 0 Å². The Bertz CT molecular complexity index is 1190. The highest BCUT2D eigenvalue weighted by atomic mass is 15.4. The number of piperidine rings is 1. The minimum absolute atomic E-state index is 0.259. The van der Waals surface area contributed by atoms with Gasteiger partial charge in [-0.05, 0) is 43.9 Å². The Hall–Kier alpha value is -3.16. The van der Waals surface area contributed by atoms with E-state index in [1.54, 1.807) is 4.52 Å². The second kappa shape index (κ2) is 6.19. The number of hydrogen-bond acceptors (Lipinski definition) is 6. The number of aromatic nitrogens is 6. The molecule has 28 heavy (non-hydrogen) atoms. The number of anilines is 2. The number of fused-ring (bicyclic) bond motifs is 3. The van der Waals surface area contributed by atoms with Crippen LogP contribution in [0, 0.1) is 13.8 Å². The molecule has 1 aliphatic heterocycles. The van der Waals surface area contributed by atoms with Gasteiger partial charge >= 0.3 is 0 Å². The third-order valence-electron chi connectivity index (χ3n) is 5.85. The number of nitrogens with two attached hydrogens (primary N) is 1. The van der Waals surface area contributed by atoms with Crippen molar-refractivity contribution in [1.82, 2.24) is 29.4 Å². The smallest absolute Gasteiger partial charge is 0.223 e. The maximum absolute atomic E-state index is 6.23. The second-order valence-electron chi connectivity index (χ2n) is 7.74. The van der Waals surface area contributed by atoms with Crippen LogP contribution in [0.3, 0.4) is 0 Å². The Balaban J connectivity index is 1.57. The number of hydrogen-bond donors (Lipinski definition) is 1. The quantitative estimate of drug-likeness (QED) is 0.578. The summed E-state index contributed by atoms with van der Waals surface area (Å²) in [5, 5.41) is 10.0. The summed E-state index contributed by atoms with van der Waals surface area (Å²) >= 11 is 0. The number of nitrogen functional groups attached to an aromatic ring is 1. The molecule has 144 valence electrons. The van der Waals surface area contributed by atoms with Crippen LogP contribution < -0.4 is 10.6 Å². The van der Waals surface area contributed by atoms with E-state index in [4.69, 9.17) is 15.8 Å². The molecule has 4 heterocycles. The SMILES string of the molecule is Cc1ccc2c(nc(N)n3nc(C4CCCN(c5cnn(C)c5)C4)nc23)c1C. The van der Waals surface area contributed by atoms with Crippen molar-refractivity contribution in [3.63, 3.8) is 0 Å². The van der Waals surface area contributed by atoms with Gasteiger partial charge in [-0.1, -0.05) is 6.07 Å². The summed E-state index contributed by atoms with van der Waals surface area (Å²) in [7, 11) is 1.94. The van der Waals surface area contributed by atoms with Crippen molar-refractivity contribution in [3.8, 4) is 0 Å². The summed E-state index contributed by atoms with van der Waals surface area (Å²) in [6.07, 6.45) is 6.14. The lowest BCUT2D eigenvalue weighted by Gasteiger charge is -2.32. The molecule has 1 aliphatic rings. The molecule has 4 aromatic rings. The molecular weight excluding hydrogens is 352 g/mol. The van der Waals surface area contributed by atoms with Crippen LogP contribution in [0.2, 0.25) is 0 Å². The molecular formula is C20H24N8. The predicted molar refractivity (Wildman–Crippen MR) is 110 cm³/mol. The van der Waals surface area contributed by atoms with Gasteiger partial charge in [0.25, 0.3) is 0 Å². The van der Waals surface area contributed by atoms with Crippen LogP contribution in [0.1, 0.15) is 35.7 Å². The van der Waals surface area contributed by atoms with Crippen molar-refractivity contribution in [2.45, 2.75) is 32.6 Å². The lowest BCUT2D eigenvalue weighted by atomic mass is 9.97. The van der Waals surface area contributed by atoms with Gasteiger partial charge in [0.2, 0.25) is 5.95 Å². The molecule has 0 amide bonds. The molecule has 1 atom stereocenters. The molecule has 0 spiro atoms. The fourth-order valence-corrected chi connectivity index (χ4v) is 4.12. The molecule has 2 N–H and O–H groups in total. The Kier molecular flexibility index (Phi) is 3.75. The number of aryl methyl sites for hydroxylation is 3. The standard InChI is InChI=1S/C20H24N8/c1-12-6-7-16-17(13(12)2)23-20(21)28-19(16)24-18(25-28)14-5-4-8-27(10-14)15-9-22-26(3)11-15/h6-7,9,11,14H,4-5,8,10H2,1-3H3,(H2,21,23). The Morgan fingerprint density at radius 1 is 1.18 bits per heavy atom. The molecule has 1 aromatic carbocycles. The van der Waals surface area contributed by atoms with E-state index in [2.05, 4.69) is 47.2 Å². The van der Waals surface area contributed by atoms with E-state index >= 15 is 0 Å². The maximum Gasteiger partial charge on any atom is 0.223 e. The first-order chi connectivity index (χ1) is 13.5. The predicted octanol–water partition coefficient (Wildman–Crippen LogP) is 2.59. The molecule has 8 nitrogen and oxygen atoms in total. The Morgan fingerprint density at radius 3 is 2.82 bits per heavy atom. The van der Waals surface area contributed by atoms with Crippen molar-refractivity contribution in [1.29, 1.82) is 0 Å². The topological polar surface area (TPSA) is 90.2 Å². The maximum atomic E-state index is 6.23. The highest BCUT2D eigenvalue weighted by molar-refractivity contribution is 5.94. The van der Waals surface area contributed by atoms with Crippen LogP contribution >= 0.6 is 0 Å². The summed E-state index contributed by atoms with van der Waals surface area (Å²) in [4.78, 5) is 11.9. The van der Waals surface area contributed by atoms with Crippen molar-refractivity contribution < 1.29 is 0 Å². The van der Waals surface area contributed by atoms with Gasteiger partial charge in [0.1, 0.15) is 0 Å². The zero-order valence-electron chi connectivity index (χ0n) is 16.4. The van der Waals surface area contributed by atoms with Crippen LogP contribution in [-0.4, -0.2) is 42.5 Å². The number of benzene rings is 1. The van der Waals surface area contributed by atoms with E-state index in [0.717, 1.165) is 59.6 Å². The molecule has 0 saturated carbocycles. The molecule has 1 fully saturated rings. The molecule has 3 aromatic heterocycles. The summed E-state index contributed by atoms with van der Waals surface area (Å²) in [6.45, 7) is 6.07. The molecule has 1 unspecified atom stereocenters. The van der Waals surface area contributed by atoms with Gasteiger partial charge in [0, 0.05) is 37.6 Å². The second-order valence-corrected chi connectivity index (χ2v) is 7.74. The van der Waals surface area contributed by atoms with Gasteiger partial charge in [-0.25, -0.2) is 9.97 Å². The first-order valence-electron chi connectivity index (χ1n) is 9.67. The van der Waals surface area contributed by atoms with Gasteiger partial charge in [-0.2, -0.15) is 9.61 Å². The molecule has 0 aliphatic carbocycles. The highest BCUT2D eigenvalue weighted by Gasteiger charge is 2.26. The zero-order chi connectivity index (χ0) is 19.4. The average Bonchev–Trinajstić information content (AvgIpc) is 3.33.